The number of nitrogens with one attached hydrogen (secondary N) is 1. The van der Waals surface area contributed by atoms with Crippen molar-refractivity contribution in [2.24, 2.45) is 5.92 Å². The van der Waals surface area contributed by atoms with Crippen molar-refractivity contribution in [3.63, 3.8) is 0 Å². The van der Waals surface area contributed by atoms with Crippen molar-refractivity contribution < 1.29 is 5.11 Å². The summed E-state index contributed by atoms with van der Waals surface area (Å²) in [5, 5.41) is 13.3. The van der Waals surface area contributed by atoms with Gasteiger partial charge in [0, 0.05) is 10.0 Å². The van der Waals surface area contributed by atoms with E-state index in [9.17, 15) is 5.11 Å². The molecule has 1 aromatic rings. The largest absolute Gasteiger partial charge is 0.508 e. The fraction of sp³-hybridized carbons (Fsp3) is 0.538. The van der Waals surface area contributed by atoms with Crippen molar-refractivity contribution in [1.82, 2.24) is 5.32 Å². The summed E-state index contributed by atoms with van der Waals surface area (Å²) in [5.41, 5.74) is 2.27. The van der Waals surface area contributed by atoms with Crippen LogP contribution in [0, 0.1) is 12.8 Å². The SMILES string of the molecule is Cc1ccc(O)c(CC2CCNCC2)c1Br. The number of hydrogen-bond acceptors (Lipinski definition) is 2. The molecule has 0 aliphatic carbocycles. The molecule has 3 heteroatoms. The molecular formula is C13H18BrNO. The maximum atomic E-state index is 9.90. The fourth-order valence-electron chi connectivity index (χ4n) is 2.30. The maximum Gasteiger partial charge on any atom is 0.119 e. The quantitative estimate of drug-likeness (QED) is 0.875. The van der Waals surface area contributed by atoms with E-state index in [0.717, 1.165) is 29.5 Å². The maximum absolute atomic E-state index is 9.90. The Balaban J connectivity index is 2.16. The summed E-state index contributed by atoms with van der Waals surface area (Å²) in [5.74, 6) is 1.13. The molecule has 1 aliphatic heterocycles. The van der Waals surface area contributed by atoms with Gasteiger partial charge in [-0.15, -0.1) is 0 Å². The van der Waals surface area contributed by atoms with E-state index in [1.807, 2.05) is 6.07 Å². The van der Waals surface area contributed by atoms with Gasteiger partial charge in [-0.25, -0.2) is 0 Å². The monoisotopic (exact) mass is 283 g/mol. The highest BCUT2D eigenvalue weighted by molar-refractivity contribution is 9.10. The van der Waals surface area contributed by atoms with Crippen LogP contribution >= 0.6 is 15.9 Å². The second-order valence-electron chi connectivity index (χ2n) is 4.59. The van der Waals surface area contributed by atoms with Gasteiger partial charge in [0.2, 0.25) is 0 Å². The van der Waals surface area contributed by atoms with Crippen LogP contribution in [0.3, 0.4) is 0 Å². The molecule has 0 aromatic heterocycles. The smallest absolute Gasteiger partial charge is 0.119 e. The van der Waals surface area contributed by atoms with Crippen LogP contribution in [-0.2, 0) is 6.42 Å². The fourth-order valence-corrected chi connectivity index (χ4v) is 2.79. The van der Waals surface area contributed by atoms with Gasteiger partial charge in [-0.2, -0.15) is 0 Å². The van der Waals surface area contributed by atoms with Gasteiger partial charge in [0.05, 0.1) is 0 Å². The first-order chi connectivity index (χ1) is 7.68. The topological polar surface area (TPSA) is 32.3 Å². The normalized spacial score (nSPS) is 17.6. The lowest BCUT2D eigenvalue weighted by molar-refractivity contribution is 0.366. The summed E-state index contributed by atoms with van der Waals surface area (Å²) in [6.07, 6.45) is 3.40. The summed E-state index contributed by atoms with van der Waals surface area (Å²) in [6, 6.07) is 3.75. The molecule has 1 heterocycles. The average Bonchev–Trinajstić information content (AvgIpc) is 2.31. The van der Waals surface area contributed by atoms with Gasteiger partial charge < -0.3 is 10.4 Å². The minimum absolute atomic E-state index is 0.427. The highest BCUT2D eigenvalue weighted by Gasteiger charge is 2.17. The zero-order chi connectivity index (χ0) is 11.5. The molecule has 1 aromatic carbocycles. The Labute approximate surface area is 105 Å². The Morgan fingerprint density at radius 1 is 1.38 bits per heavy atom. The van der Waals surface area contributed by atoms with Crippen molar-refractivity contribution in [3.8, 4) is 5.75 Å². The number of rotatable bonds is 2. The molecule has 2 rings (SSSR count). The zero-order valence-electron chi connectivity index (χ0n) is 9.59. The minimum Gasteiger partial charge on any atom is -0.508 e. The number of aryl methyl sites for hydroxylation is 1. The lowest BCUT2D eigenvalue weighted by atomic mass is 9.90. The van der Waals surface area contributed by atoms with Crippen molar-refractivity contribution >= 4 is 15.9 Å². The highest BCUT2D eigenvalue weighted by atomic mass is 79.9. The first kappa shape index (κ1) is 11.9. The summed E-state index contributed by atoms with van der Waals surface area (Å²) in [6.45, 7) is 4.28. The summed E-state index contributed by atoms with van der Waals surface area (Å²) < 4.78 is 1.08. The third kappa shape index (κ3) is 2.58. The predicted molar refractivity (Wildman–Crippen MR) is 69.8 cm³/mol. The number of benzene rings is 1. The third-order valence-electron chi connectivity index (χ3n) is 3.36. The van der Waals surface area contributed by atoms with Crippen LogP contribution in [0.4, 0.5) is 0 Å². The lowest BCUT2D eigenvalue weighted by Crippen LogP contribution is -2.28. The highest BCUT2D eigenvalue weighted by Crippen LogP contribution is 2.32. The molecule has 16 heavy (non-hydrogen) atoms. The first-order valence-electron chi connectivity index (χ1n) is 5.86. The van der Waals surface area contributed by atoms with Gasteiger partial charge in [0.15, 0.2) is 0 Å². The standard InChI is InChI=1S/C13H18BrNO/c1-9-2-3-12(16)11(13(9)14)8-10-4-6-15-7-5-10/h2-3,10,15-16H,4-8H2,1H3. The first-order valence-corrected chi connectivity index (χ1v) is 6.65. The van der Waals surface area contributed by atoms with Crippen LogP contribution in [0.1, 0.15) is 24.0 Å². The van der Waals surface area contributed by atoms with Crippen LogP contribution in [0.15, 0.2) is 16.6 Å². The number of halogens is 1. The average molecular weight is 284 g/mol. The van der Waals surface area contributed by atoms with E-state index in [1.54, 1.807) is 6.07 Å². The van der Waals surface area contributed by atoms with Crippen LogP contribution in [0.2, 0.25) is 0 Å². The Bertz CT molecular complexity index is 372. The molecule has 0 saturated carbocycles. The molecule has 1 aliphatic rings. The number of phenolic OH excluding ortho intramolecular Hbond substituents is 1. The molecular weight excluding hydrogens is 266 g/mol. The number of piperidine rings is 1. The van der Waals surface area contributed by atoms with E-state index in [-0.39, 0.29) is 0 Å². The van der Waals surface area contributed by atoms with Gasteiger partial charge >= 0.3 is 0 Å². The lowest BCUT2D eigenvalue weighted by Gasteiger charge is -2.23. The Kier molecular flexibility index (Phi) is 3.87. The molecule has 2 nitrogen and oxygen atoms in total. The zero-order valence-corrected chi connectivity index (χ0v) is 11.2. The molecule has 0 spiro atoms. The van der Waals surface area contributed by atoms with E-state index >= 15 is 0 Å². The molecule has 1 fully saturated rings. The third-order valence-corrected chi connectivity index (χ3v) is 4.47. The molecule has 0 bridgehead atoms. The van der Waals surface area contributed by atoms with Crippen molar-refractivity contribution in [1.29, 1.82) is 0 Å². The van der Waals surface area contributed by atoms with E-state index < -0.39 is 0 Å². The number of aromatic hydroxyl groups is 1. The molecule has 0 atom stereocenters. The second kappa shape index (κ2) is 5.19. The Hall–Kier alpha value is -0.540. The second-order valence-corrected chi connectivity index (χ2v) is 5.38. The van der Waals surface area contributed by atoms with E-state index in [2.05, 4.69) is 28.2 Å². The van der Waals surface area contributed by atoms with Crippen molar-refractivity contribution in [2.75, 3.05) is 13.1 Å². The van der Waals surface area contributed by atoms with Crippen LogP contribution < -0.4 is 5.32 Å². The molecule has 1 saturated heterocycles. The molecule has 2 N–H and O–H groups in total. The van der Waals surface area contributed by atoms with Gasteiger partial charge in [-0.3, -0.25) is 0 Å². The van der Waals surface area contributed by atoms with Crippen molar-refractivity contribution in [2.45, 2.75) is 26.2 Å². The minimum atomic E-state index is 0.427. The van der Waals surface area contributed by atoms with Gasteiger partial charge in [0.1, 0.15) is 5.75 Å². The predicted octanol–water partition coefficient (Wildman–Crippen LogP) is 3.01. The van der Waals surface area contributed by atoms with E-state index in [4.69, 9.17) is 0 Å². The summed E-state index contributed by atoms with van der Waals surface area (Å²) in [7, 11) is 0. The Morgan fingerprint density at radius 2 is 2.06 bits per heavy atom. The van der Waals surface area contributed by atoms with Gasteiger partial charge in [0.25, 0.3) is 0 Å². The summed E-state index contributed by atoms with van der Waals surface area (Å²) >= 11 is 3.58. The molecule has 0 radical (unpaired) electrons. The van der Waals surface area contributed by atoms with Gasteiger partial charge in [-0.1, -0.05) is 22.0 Å². The van der Waals surface area contributed by atoms with Gasteiger partial charge in [-0.05, 0) is 56.8 Å². The van der Waals surface area contributed by atoms with E-state index in [0.29, 0.717) is 11.7 Å². The van der Waals surface area contributed by atoms with E-state index in [1.165, 1.54) is 18.4 Å². The van der Waals surface area contributed by atoms with Crippen molar-refractivity contribution in [3.05, 3.63) is 27.7 Å². The number of hydrogen-bond donors (Lipinski definition) is 2. The molecule has 0 unspecified atom stereocenters. The van der Waals surface area contributed by atoms with Crippen LogP contribution in [0.25, 0.3) is 0 Å². The van der Waals surface area contributed by atoms with Crippen LogP contribution in [0.5, 0.6) is 5.75 Å². The number of phenols is 1. The Morgan fingerprint density at radius 3 is 2.75 bits per heavy atom. The molecule has 88 valence electrons. The molecule has 0 amide bonds. The summed E-state index contributed by atoms with van der Waals surface area (Å²) in [4.78, 5) is 0. The van der Waals surface area contributed by atoms with Crippen LogP contribution in [-0.4, -0.2) is 18.2 Å².